The predicted octanol–water partition coefficient (Wildman–Crippen LogP) is 2.77. The van der Waals surface area contributed by atoms with Crippen LogP contribution in [0.5, 0.6) is 0 Å². The van der Waals surface area contributed by atoms with Crippen molar-refractivity contribution < 1.29 is 13.6 Å². The van der Waals surface area contributed by atoms with Crippen LogP contribution in [0.4, 0.5) is 8.78 Å². The quantitative estimate of drug-likeness (QED) is 0.813. The average molecular weight is 328 g/mol. The van der Waals surface area contributed by atoms with Crippen LogP contribution in [0.1, 0.15) is 10.4 Å². The maximum atomic E-state index is 13.4. The standard InChI is InChI=1S/C13H8BrF2NO2/c14-8-4-5-12(19)17(6-8)7-11(18)13-9(15)2-1-3-10(13)16/h1-6H,7H2. The molecule has 3 nitrogen and oxygen atoms in total. The number of aromatic nitrogens is 1. The van der Waals surface area contributed by atoms with Gasteiger partial charge in [-0.15, -0.1) is 0 Å². The van der Waals surface area contributed by atoms with Gasteiger partial charge in [-0.05, 0) is 34.1 Å². The zero-order chi connectivity index (χ0) is 14.0. The molecule has 6 heteroatoms. The van der Waals surface area contributed by atoms with E-state index in [1.807, 2.05) is 0 Å². The van der Waals surface area contributed by atoms with Gasteiger partial charge in [0.05, 0.1) is 12.1 Å². The van der Waals surface area contributed by atoms with Crippen LogP contribution >= 0.6 is 15.9 Å². The molecule has 0 aliphatic rings. The molecule has 1 heterocycles. The largest absolute Gasteiger partial charge is 0.307 e. The molecular formula is C13H8BrF2NO2. The Bertz CT molecular complexity index is 677. The molecule has 0 fully saturated rings. The minimum Gasteiger partial charge on any atom is -0.307 e. The summed E-state index contributed by atoms with van der Waals surface area (Å²) in [7, 11) is 0. The summed E-state index contributed by atoms with van der Waals surface area (Å²) in [6.07, 6.45) is 1.39. The van der Waals surface area contributed by atoms with Gasteiger partial charge in [-0.2, -0.15) is 0 Å². The molecule has 0 bridgehead atoms. The van der Waals surface area contributed by atoms with Crippen molar-refractivity contribution >= 4 is 21.7 Å². The summed E-state index contributed by atoms with van der Waals surface area (Å²) in [6, 6.07) is 5.95. The van der Waals surface area contributed by atoms with E-state index in [4.69, 9.17) is 0 Å². The third kappa shape index (κ3) is 2.96. The number of pyridine rings is 1. The number of hydrogen-bond acceptors (Lipinski definition) is 2. The lowest BCUT2D eigenvalue weighted by Crippen LogP contribution is -2.24. The van der Waals surface area contributed by atoms with E-state index < -0.39 is 35.1 Å². The van der Waals surface area contributed by atoms with Gasteiger partial charge < -0.3 is 4.57 Å². The van der Waals surface area contributed by atoms with Gasteiger partial charge in [-0.1, -0.05) is 6.07 Å². The summed E-state index contributed by atoms with van der Waals surface area (Å²) in [5, 5.41) is 0. The Morgan fingerprint density at radius 2 is 1.79 bits per heavy atom. The molecule has 2 rings (SSSR count). The number of benzene rings is 1. The Kier molecular flexibility index (Phi) is 3.90. The summed E-state index contributed by atoms with van der Waals surface area (Å²) in [5.41, 5.74) is -1.05. The number of carbonyl (C=O) groups is 1. The number of halogens is 3. The first-order chi connectivity index (χ1) is 8.99. The SMILES string of the molecule is O=C(Cn1cc(Br)ccc1=O)c1c(F)cccc1F. The normalized spacial score (nSPS) is 10.5. The van der Waals surface area contributed by atoms with Crippen molar-refractivity contribution in [1.82, 2.24) is 4.57 Å². The molecule has 0 N–H and O–H groups in total. The second-order valence-electron chi connectivity index (χ2n) is 3.83. The molecule has 0 aliphatic carbocycles. The lowest BCUT2D eigenvalue weighted by Gasteiger charge is -2.07. The van der Waals surface area contributed by atoms with Gasteiger partial charge in [0.25, 0.3) is 5.56 Å². The van der Waals surface area contributed by atoms with Crippen molar-refractivity contribution in [2.24, 2.45) is 0 Å². The van der Waals surface area contributed by atoms with Gasteiger partial charge in [0, 0.05) is 16.7 Å². The van der Waals surface area contributed by atoms with Gasteiger partial charge in [0.15, 0.2) is 5.78 Å². The van der Waals surface area contributed by atoms with Crippen molar-refractivity contribution in [2.75, 3.05) is 0 Å². The maximum absolute atomic E-state index is 13.4. The Balaban J connectivity index is 2.36. The maximum Gasteiger partial charge on any atom is 0.251 e. The first-order valence-corrected chi connectivity index (χ1v) is 6.11. The summed E-state index contributed by atoms with van der Waals surface area (Å²) < 4.78 is 28.5. The van der Waals surface area contributed by atoms with Gasteiger partial charge in [0.1, 0.15) is 11.6 Å². The Labute approximate surface area is 115 Å². The third-order valence-electron chi connectivity index (χ3n) is 2.50. The highest BCUT2D eigenvalue weighted by Gasteiger charge is 2.17. The summed E-state index contributed by atoms with van der Waals surface area (Å²) in [4.78, 5) is 23.4. The Hall–Kier alpha value is -1.82. The number of carbonyl (C=O) groups excluding carboxylic acids is 1. The lowest BCUT2D eigenvalue weighted by molar-refractivity contribution is 0.0962. The van der Waals surface area contributed by atoms with Crippen LogP contribution in [-0.4, -0.2) is 10.4 Å². The number of ketones is 1. The van der Waals surface area contributed by atoms with Crippen LogP contribution in [0.2, 0.25) is 0 Å². The van der Waals surface area contributed by atoms with E-state index in [1.54, 1.807) is 0 Å². The minimum absolute atomic E-state index is 0.421. The fourth-order valence-electron chi connectivity index (χ4n) is 1.62. The van der Waals surface area contributed by atoms with Gasteiger partial charge in [-0.3, -0.25) is 9.59 Å². The molecule has 1 aromatic heterocycles. The predicted molar refractivity (Wildman–Crippen MR) is 69.1 cm³/mol. The third-order valence-corrected chi connectivity index (χ3v) is 2.97. The molecule has 2 aromatic rings. The zero-order valence-corrected chi connectivity index (χ0v) is 11.2. The molecule has 0 atom stereocenters. The number of rotatable bonds is 3. The fourth-order valence-corrected chi connectivity index (χ4v) is 2.00. The molecule has 1 aromatic carbocycles. The summed E-state index contributed by atoms with van der Waals surface area (Å²) in [5.74, 6) is -2.67. The molecule has 0 amide bonds. The number of hydrogen-bond donors (Lipinski definition) is 0. The molecule has 0 radical (unpaired) electrons. The van der Waals surface area contributed by atoms with Crippen molar-refractivity contribution in [3.8, 4) is 0 Å². The number of Topliss-reactive ketones (excluding diaryl/α,β-unsaturated/α-hetero) is 1. The van der Waals surface area contributed by atoms with E-state index in [0.717, 1.165) is 16.7 Å². The van der Waals surface area contributed by atoms with Crippen molar-refractivity contribution in [3.05, 3.63) is 68.6 Å². The second kappa shape index (κ2) is 5.44. The Morgan fingerprint density at radius 1 is 1.16 bits per heavy atom. The highest BCUT2D eigenvalue weighted by atomic mass is 79.9. The average Bonchev–Trinajstić information content (AvgIpc) is 2.33. The molecule has 0 saturated heterocycles. The molecule has 0 aliphatic heterocycles. The molecule has 0 saturated carbocycles. The fraction of sp³-hybridized carbons (Fsp3) is 0.0769. The van der Waals surface area contributed by atoms with E-state index in [2.05, 4.69) is 15.9 Å². The van der Waals surface area contributed by atoms with Crippen molar-refractivity contribution in [1.29, 1.82) is 0 Å². The summed E-state index contributed by atoms with van der Waals surface area (Å²) in [6.45, 7) is -0.421. The van der Waals surface area contributed by atoms with Crippen molar-refractivity contribution in [3.63, 3.8) is 0 Å². The van der Waals surface area contributed by atoms with Gasteiger partial charge in [0.2, 0.25) is 0 Å². The highest BCUT2D eigenvalue weighted by molar-refractivity contribution is 9.10. The van der Waals surface area contributed by atoms with Crippen LogP contribution in [-0.2, 0) is 6.54 Å². The van der Waals surface area contributed by atoms with Gasteiger partial charge in [-0.25, -0.2) is 8.78 Å². The highest BCUT2D eigenvalue weighted by Crippen LogP contribution is 2.14. The van der Waals surface area contributed by atoms with E-state index in [0.29, 0.717) is 4.47 Å². The first kappa shape index (κ1) is 13.6. The lowest BCUT2D eigenvalue weighted by atomic mass is 10.1. The van der Waals surface area contributed by atoms with Crippen LogP contribution < -0.4 is 5.56 Å². The molecule has 98 valence electrons. The smallest absolute Gasteiger partial charge is 0.251 e. The van der Waals surface area contributed by atoms with Crippen LogP contribution in [0.3, 0.4) is 0 Å². The molecule has 0 unspecified atom stereocenters. The Morgan fingerprint density at radius 3 is 2.42 bits per heavy atom. The monoisotopic (exact) mass is 327 g/mol. The second-order valence-corrected chi connectivity index (χ2v) is 4.75. The van der Waals surface area contributed by atoms with Gasteiger partial charge >= 0.3 is 0 Å². The first-order valence-electron chi connectivity index (χ1n) is 5.32. The van der Waals surface area contributed by atoms with Crippen LogP contribution in [0, 0.1) is 11.6 Å². The molecule has 0 spiro atoms. The number of nitrogens with zero attached hydrogens (tertiary/aromatic N) is 1. The van der Waals surface area contributed by atoms with Crippen molar-refractivity contribution in [2.45, 2.75) is 6.54 Å². The van der Waals surface area contributed by atoms with E-state index in [1.165, 1.54) is 24.4 Å². The minimum atomic E-state index is -0.937. The molecule has 19 heavy (non-hydrogen) atoms. The topological polar surface area (TPSA) is 39.1 Å². The van der Waals surface area contributed by atoms with E-state index in [-0.39, 0.29) is 0 Å². The van der Waals surface area contributed by atoms with Crippen LogP contribution in [0.25, 0.3) is 0 Å². The van der Waals surface area contributed by atoms with Crippen LogP contribution in [0.15, 0.2) is 45.8 Å². The molecular weight excluding hydrogens is 320 g/mol. The summed E-state index contributed by atoms with van der Waals surface area (Å²) >= 11 is 3.15. The van der Waals surface area contributed by atoms with E-state index in [9.17, 15) is 18.4 Å². The van der Waals surface area contributed by atoms with E-state index >= 15 is 0 Å². The zero-order valence-electron chi connectivity index (χ0n) is 9.57.